The summed E-state index contributed by atoms with van der Waals surface area (Å²) < 4.78 is 3.62. The molecule has 4 heteroatoms. The SMILES string of the molecule is CC(C)C1CCC(C(C)(C)C2C3SC([Si](C)(C)C)=CC3C3C=C([Si](C)(C)C)SC32)C1. The first kappa shape index (κ1) is 23.8. The van der Waals surface area contributed by atoms with Crippen molar-refractivity contribution in [2.45, 2.75) is 96.7 Å². The minimum atomic E-state index is -1.23. The van der Waals surface area contributed by atoms with Crippen molar-refractivity contribution in [3.63, 3.8) is 0 Å². The third-order valence-corrected chi connectivity index (χ3v) is 19.1. The molecule has 0 N–H and O–H groups in total. The van der Waals surface area contributed by atoms with Crippen molar-refractivity contribution in [3.8, 4) is 0 Å². The van der Waals surface area contributed by atoms with E-state index < -0.39 is 16.1 Å². The fourth-order valence-electron chi connectivity index (χ4n) is 6.81. The van der Waals surface area contributed by atoms with Gasteiger partial charge >= 0.3 is 0 Å². The predicted octanol–water partition coefficient (Wildman–Crippen LogP) is 8.70. The third kappa shape index (κ3) is 4.03. The summed E-state index contributed by atoms with van der Waals surface area (Å²) in [5, 5.41) is 1.67. The Bertz CT molecular complexity index is 693. The first-order valence-electron chi connectivity index (χ1n) is 12.5. The van der Waals surface area contributed by atoms with E-state index in [0.29, 0.717) is 5.41 Å². The van der Waals surface area contributed by atoms with E-state index in [9.17, 15) is 0 Å². The molecule has 0 amide bonds. The Balaban J connectivity index is 1.67. The first-order chi connectivity index (χ1) is 13.7. The molecule has 0 aromatic carbocycles. The highest BCUT2D eigenvalue weighted by molar-refractivity contribution is 8.07. The van der Waals surface area contributed by atoms with E-state index in [1.165, 1.54) is 19.3 Å². The Hall–Kier alpha value is 0.614. The maximum absolute atomic E-state index is 2.80. The first-order valence-corrected chi connectivity index (χ1v) is 21.2. The summed E-state index contributed by atoms with van der Waals surface area (Å²) in [5.41, 5.74) is 0.456. The predicted molar refractivity (Wildman–Crippen MR) is 146 cm³/mol. The molecule has 0 nitrogen and oxygen atoms in total. The van der Waals surface area contributed by atoms with E-state index in [1.807, 2.05) is 9.06 Å². The van der Waals surface area contributed by atoms with Crippen molar-refractivity contribution >= 4 is 39.7 Å². The number of rotatable bonds is 5. The molecule has 2 aliphatic heterocycles. The average molecular weight is 479 g/mol. The largest absolute Gasteiger partial charge is 0.131 e. The van der Waals surface area contributed by atoms with Crippen LogP contribution >= 0.6 is 23.5 Å². The number of hydrogen-bond donors (Lipinski definition) is 0. The summed E-state index contributed by atoms with van der Waals surface area (Å²) in [6.07, 6.45) is 10.0. The van der Waals surface area contributed by atoms with Crippen molar-refractivity contribution in [2.75, 3.05) is 0 Å². The molecule has 2 heterocycles. The van der Waals surface area contributed by atoms with E-state index in [0.717, 1.165) is 46.0 Å². The van der Waals surface area contributed by atoms with Crippen LogP contribution in [-0.4, -0.2) is 26.6 Å². The molecule has 4 rings (SSSR count). The highest BCUT2D eigenvalue weighted by Gasteiger charge is 2.61. The molecule has 6 atom stereocenters. The monoisotopic (exact) mass is 478 g/mol. The molecular formula is C26H46S2Si2. The topological polar surface area (TPSA) is 0 Å². The van der Waals surface area contributed by atoms with Crippen LogP contribution < -0.4 is 0 Å². The highest BCUT2D eigenvalue weighted by Crippen LogP contribution is 2.67. The lowest BCUT2D eigenvalue weighted by Gasteiger charge is -2.44. The molecule has 0 radical (unpaired) electrons. The van der Waals surface area contributed by atoms with Crippen molar-refractivity contribution in [1.29, 1.82) is 0 Å². The normalized spacial score (nSPS) is 39.4. The van der Waals surface area contributed by atoms with E-state index in [1.54, 1.807) is 0 Å². The molecule has 2 fully saturated rings. The fraction of sp³-hybridized carbons (Fsp3) is 0.846. The summed E-state index contributed by atoms with van der Waals surface area (Å²) in [6.45, 7) is 25.6. The van der Waals surface area contributed by atoms with Crippen LogP contribution in [0.25, 0.3) is 0 Å². The summed E-state index contributed by atoms with van der Waals surface area (Å²) in [4.78, 5) is 0. The van der Waals surface area contributed by atoms with Crippen LogP contribution in [0.3, 0.4) is 0 Å². The van der Waals surface area contributed by atoms with E-state index in [2.05, 4.69) is 103 Å². The van der Waals surface area contributed by atoms with Crippen LogP contribution in [0.15, 0.2) is 21.2 Å². The van der Waals surface area contributed by atoms with E-state index in [4.69, 9.17) is 0 Å². The molecule has 2 saturated carbocycles. The van der Waals surface area contributed by atoms with Gasteiger partial charge in [0.15, 0.2) is 0 Å². The number of hydrogen-bond acceptors (Lipinski definition) is 2. The Morgan fingerprint density at radius 3 is 1.67 bits per heavy atom. The zero-order valence-corrected chi connectivity index (χ0v) is 24.8. The minimum Gasteiger partial charge on any atom is -0.131 e. The zero-order valence-electron chi connectivity index (χ0n) is 21.2. The van der Waals surface area contributed by atoms with Gasteiger partial charge < -0.3 is 0 Å². The van der Waals surface area contributed by atoms with Gasteiger partial charge in [-0.3, -0.25) is 0 Å². The van der Waals surface area contributed by atoms with Crippen molar-refractivity contribution < 1.29 is 0 Å². The second-order valence-corrected chi connectivity index (χ2v) is 27.0. The second kappa shape index (κ2) is 7.84. The van der Waals surface area contributed by atoms with Crippen LogP contribution in [0.1, 0.15) is 47.0 Å². The molecule has 0 bridgehead atoms. The molecule has 30 heavy (non-hydrogen) atoms. The van der Waals surface area contributed by atoms with Crippen molar-refractivity contribution in [1.82, 2.24) is 0 Å². The maximum Gasteiger partial charge on any atom is 0.0853 e. The van der Waals surface area contributed by atoms with Crippen molar-refractivity contribution in [3.05, 3.63) is 21.2 Å². The fourth-order valence-corrected chi connectivity index (χ4v) is 15.2. The van der Waals surface area contributed by atoms with Crippen molar-refractivity contribution in [2.24, 2.45) is 40.9 Å². The van der Waals surface area contributed by atoms with Gasteiger partial charge in [0.25, 0.3) is 0 Å². The molecule has 0 aromatic heterocycles. The standard InChI is InChI=1S/C26H46S2Si2/c1-16(2)17-11-12-18(13-17)26(3,4)23-24-19(14-21(27-24)29(5,6)7)20-15-22(28-25(20)23)30(8,9)10/h14-20,23-25H,11-13H2,1-10H3. The molecule has 0 spiro atoms. The zero-order chi connectivity index (χ0) is 22.2. The second-order valence-electron chi connectivity index (χ2n) is 13.7. The summed E-state index contributed by atoms with van der Waals surface area (Å²) in [6, 6.07) is 0. The van der Waals surface area contributed by atoms with Gasteiger partial charge in [0.2, 0.25) is 0 Å². The molecule has 6 unspecified atom stereocenters. The van der Waals surface area contributed by atoms with Gasteiger partial charge in [0, 0.05) is 10.5 Å². The highest BCUT2D eigenvalue weighted by atomic mass is 32.2. The summed E-state index contributed by atoms with van der Waals surface area (Å²) in [7, 11) is -2.46. The molecule has 2 aliphatic carbocycles. The van der Waals surface area contributed by atoms with Gasteiger partial charge in [-0.25, -0.2) is 0 Å². The number of fused-ring (bicyclic) bond motifs is 3. The minimum absolute atomic E-state index is 0.456. The number of thioether (sulfide) groups is 2. The van der Waals surface area contributed by atoms with Crippen LogP contribution in [0.5, 0.6) is 0 Å². The average Bonchev–Trinajstić information content (AvgIpc) is 3.33. The Labute approximate surface area is 197 Å². The Kier molecular flexibility index (Phi) is 6.21. The molecule has 0 aromatic rings. The lowest BCUT2D eigenvalue weighted by atomic mass is 9.66. The van der Waals surface area contributed by atoms with E-state index in [-0.39, 0.29) is 0 Å². The quantitative estimate of drug-likeness (QED) is 0.362. The molecule has 0 saturated heterocycles. The van der Waals surface area contributed by atoms with Gasteiger partial charge in [-0.1, -0.05) is 79.1 Å². The van der Waals surface area contributed by atoms with E-state index >= 15 is 0 Å². The van der Waals surface area contributed by atoms with Crippen LogP contribution in [0.4, 0.5) is 0 Å². The summed E-state index contributed by atoms with van der Waals surface area (Å²) >= 11 is 4.69. The van der Waals surface area contributed by atoms with Crippen LogP contribution in [0.2, 0.25) is 39.3 Å². The van der Waals surface area contributed by atoms with Gasteiger partial charge in [-0.05, 0) is 69.2 Å². The van der Waals surface area contributed by atoms with Gasteiger partial charge in [-0.2, -0.15) is 0 Å². The maximum atomic E-state index is 2.80. The summed E-state index contributed by atoms with van der Waals surface area (Å²) in [5.74, 6) is 5.19. The van der Waals surface area contributed by atoms with Gasteiger partial charge in [0.1, 0.15) is 0 Å². The third-order valence-electron chi connectivity index (χ3n) is 8.93. The van der Waals surface area contributed by atoms with Crippen LogP contribution in [-0.2, 0) is 0 Å². The Morgan fingerprint density at radius 2 is 1.30 bits per heavy atom. The van der Waals surface area contributed by atoms with Gasteiger partial charge in [0.05, 0.1) is 16.1 Å². The molecule has 4 aliphatic rings. The Morgan fingerprint density at radius 1 is 0.833 bits per heavy atom. The molecular weight excluding hydrogens is 433 g/mol. The van der Waals surface area contributed by atoms with Gasteiger partial charge in [-0.15, -0.1) is 23.5 Å². The smallest absolute Gasteiger partial charge is 0.0853 e. The number of allylic oxidation sites excluding steroid dienone is 2. The lowest BCUT2D eigenvalue weighted by Crippen LogP contribution is -2.40. The molecule has 170 valence electrons. The van der Waals surface area contributed by atoms with Crippen LogP contribution in [0, 0.1) is 40.9 Å². The lowest BCUT2D eigenvalue weighted by molar-refractivity contribution is 0.119.